The maximum atomic E-state index is 12.5. The average molecular weight is 233 g/mol. The molecule has 0 saturated carbocycles. The molecule has 1 fully saturated rings. The van der Waals surface area contributed by atoms with E-state index in [1.807, 2.05) is 0 Å². The molecule has 0 radical (unpaired) electrons. The molecular weight excluding hydrogens is 226 g/mol. The molecule has 1 atom stereocenters. The second kappa shape index (κ2) is 2.60. The summed E-state index contributed by atoms with van der Waals surface area (Å²) in [5.74, 6) is 0.725. The SMILES string of the molecule is OC1(C(F)(F)Br)CCSC1. The fourth-order valence-electron chi connectivity index (χ4n) is 0.778. The van der Waals surface area contributed by atoms with E-state index in [-0.39, 0.29) is 12.2 Å². The van der Waals surface area contributed by atoms with Crippen LogP contribution in [0.4, 0.5) is 8.78 Å². The number of halogens is 3. The van der Waals surface area contributed by atoms with Crippen molar-refractivity contribution in [3.63, 3.8) is 0 Å². The molecule has 0 amide bonds. The van der Waals surface area contributed by atoms with Gasteiger partial charge in [-0.1, -0.05) is 0 Å². The first-order valence-electron chi connectivity index (χ1n) is 2.83. The van der Waals surface area contributed by atoms with Crippen molar-refractivity contribution in [1.29, 1.82) is 0 Å². The van der Waals surface area contributed by atoms with Crippen LogP contribution in [0.15, 0.2) is 0 Å². The molecule has 0 aliphatic carbocycles. The lowest BCUT2D eigenvalue weighted by Gasteiger charge is -2.26. The van der Waals surface area contributed by atoms with E-state index in [1.165, 1.54) is 11.8 Å². The number of hydrogen-bond acceptors (Lipinski definition) is 2. The second-order valence-electron chi connectivity index (χ2n) is 2.33. The van der Waals surface area contributed by atoms with Gasteiger partial charge in [0.25, 0.3) is 0 Å². The van der Waals surface area contributed by atoms with Crippen LogP contribution in [0.5, 0.6) is 0 Å². The largest absolute Gasteiger partial charge is 0.382 e. The lowest BCUT2D eigenvalue weighted by atomic mass is 10.1. The van der Waals surface area contributed by atoms with Crippen molar-refractivity contribution < 1.29 is 13.9 Å². The Labute approximate surface area is 70.3 Å². The van der Waals surface area contributed by atoms with Gasteiger partial charge in [0.05, 0.1) is 0 Å². The fourth-order valence-corrected chi connectivity index (χ4v) is 2.59. The van der Waals surface area contributed by atoms with Crippen molar-refractivity contribution in [3.8, 4) is 0 Å². The third-order valence-corrected chi connectivity index (χ3v) is 3.44. The average Bonchev–Trinajstić information content (AvgIpc) is 2.13. The van der Waals surface area contributed by atoms with E-state index in [4.69, 9.17) is 0 Å². The number of hydrogen-bond donors (Lipinski definition) is 1. The normalized spacial score (nSPS) is 34.8. The van der Waals surface area contributed by atoms with Gasteiger partial charge in [-0.25, -0.2) is 0 Å². The summed E-state index contributed by atoms with van der Waals surface area (Å²) in [5, 5.41) is 9.21. The van der Waals surface area contributed by atoms with Crippen molar-refractivity contribution in [2.24, 2.45) is 0 Å². The van der Waals surface area contributed by atoms with E-state index < -0.39 is 10.4 Å². The lowest BCUT2D eigenvalue weighted by molar-refractivity contribution is -0.0971. The summed E-state index contributed by atoms with van der Waals surface area (Å²) in [6.45, 7) is 0. The standard InChI is InChI=1S/C5H7BrF2OS/c6-5(7,8)4(9)1-2-10-3-4/h9H,1-3H2. The molecule has 1 unspecified atom stereocenters. The van der Waals surface area contributed by atoms with Gasteiger partial charge < -0.3 is 5.11 Å². The molecule has 1 heterocycles. The van der Waals surface area contributed by atoms with Crippen LogP contribution in [0.25, 0.3) is 0 Å². The molecule has 0 bridgehead atoms. The molecular formula is C5H7BrF2OS. The van der Waals surface area contributed by atoms with Gasteiger partial charge in [0.1, 0.15) is 5.60 Å². The first kappa shape index (κ1) is 8.74. The maximum absolute atomic E-state index is 12.5. The van der Waals surface area contributed by atoms with Gasteiger partial charge in [0.15, 0.2) is 0 Å². The third-order valence-electron chi connectivity index (χ3n) is 1.53. The molecule has 5 heteroatoms. The highest BCUT2D eigenvalue weighted by Crippen LogP contribution is 2.43. The molecule has 0 aromatic rings. The predicted molar refractivity (Wildman–Crippen MR) is 40.8 cm³/mol. The summed E-state index contributed by atoms with van der Waals surface area (Å²) in [4.78, 5) is -3.14. The van der Waals surface area contributed by atoms with Crippen molar-refractivity contribution >= 4 is 27.7 Å². The van der Waals surface area contributed by atoms with Crippen LogP contribution < -0.4 is 0 Å². The van der Waals surface area contributed by atoms with Gasteiger partial charge in [-0.3, -0.25) is 0 Å². The minimum absolute atomic E-state index is 0.116. The zero-order valence-corrected chi connectivity index (χ0v) is 7.51. The summed E-state index contributed by atoms with van der Waals surface area (Å²) >= 11 is 3.51. The van der Waals surface area contributed by atoms with Gasteiger partial charge >= 0.3 is 4.83 Å². The molecule has 0 spiro atoms. The van der Waals surface area contributed by atoms with Crippen molar-refractivity contribution in [2.45, 2.75) is 16.9 Å². The zero-order valence-electron chi connectivity index (χ0n) is 5.11. The van der Waals surface area contributed by atoms with Crippen LogP contribution in [-0.4, -0.2) is 27.0 Å². The summed E-state index contributed by atoms with van der Waals surface area (Å²) in [6.07, 6.45) is 0.163. The molecule has 1 N–H and O–H groups in total. The summed E-state index contributed by atoms with van der Waals surface area (Å²) in [7, 11) is 0. The highest BCUT2D eigenvalue weighted by atomic mass is 79.9. The third kappa shape index (κ3) is 1.46. The minimum Gasteiger partial charge on any atom is -0.382 e. The van der Waals surface area contributed by atoms with Gasteiger partial charge in [-0.15, -0.1) is 0 Å². The molecule has 1 rings (SSSR count). The van der Waals surface area contributed by atoms with E-state index >= 15 is 0 Å². The van der Waals surface area contributed by atoms with Crippen molar-refractivity contribution in [2.75, 3.05) is 11.5 Å². The molecule has 1 nitrogen and oxygen atoms in total. The number of thioether (sulfide) groups is 1. The maximum Gasteiger partial charge on any atom is 0.330 e. The highest BCUT2D eigenvalue weighted by Gasteiger charge is 2.52. The molecule has 1 aliphatic rings. The van der Waals surface area contributed by atoms with E-state index in [0.29, 0.717) is 5.75 Å². The van der Waals surface area contributed by atoms with E-state index in [9.17, 15) is 13.9 Å². The number of rotatable bonds is 1. The lowest BCUT2D eigenvalue weighted by Crippen LogP contribution is -2.43. The Balaban J connectivity index is 2.67. The smallest absolute Gasteiger partial charge is 0.330 e. The van der Waals surface area contributed by atoms with Gasteiger partial charge in [-0.05, 0) is 28.1 Å². The van der Waals surface area contributed by atoms with Crippen LogP contribution in [0, 0.1) is 0 Å². The van der Waals surface area contributed by atoms with E-state index in [0.717, 1.165) is 0 Å². The minimum atomic E-state index is -3.14. The van der Waals surface area contributed by atoms with Crippen molar-refractivity contribution in [3.05, 3.63) is 0 Å². The number of aliphatic hydroxyl groups is 1. The Kier molecular flexibility index (Phi) is 2.28. The van der Waals surface area contributed by atoms with Crippen LogP contribution in [0.1, 0.15) is 6.42 Å². The van der Waals surface area contributed by atoms with Crippen LogP contribution in [-0.2, 0) is 0 Å². The quantitative estimate of drug-likeness (QED) is 0.697. The van der Waals surface area contributed by atoms with Gasteiger partial charge in [-0.2, -0.15) is 20.5 Å². The Bertz CT molecular complexity index is 130. The fraction of sp³-hybridized carbons (Fsp3) is 1.00. The Hall–Kier alpha value is 0.650. The van der Waals surface area contributed by atoms with Crippen molar-refractivity contribution in [1.82, 2.24) is 0 Å². The topological polar surface area (TPSA) is 20.2 Å². The molecule has 0 aromatic heterocycles. The summed E-state index contributed by atoms with van der Waals surface area (Å²) < 4.78 is 24.9. The van der Waals surface area contributed by atoms with Gasteiger partial charge in [0.2, 0.25) is 0 Å². The second-order valence-corrected chi connectivity index (χ2v) is 4.43. The molecule has 1 saturated heterocycles. The number of alkyl halides is 3. The van der Waals surface area contributed by atoms with Crippen LogP contribution >= 0.6 is 27.7 Å². The zero-order chi connectivity index (χ0) is 7.83. The first-order chi connectivity index (χ1) is 4.46. The first-order valence-corrected chi connectivity index (χ1v) is 4.77. The van der Waals surface area contributed by atoms with Crippen LogP contribution in [0.2, 0.25) is 0 Å². The molecule has 60 valence electrons. The highest BCUT2D eigenvalue weighted by molar-refractivity contribution is 9.10. The van der Waals surface area contributed by atoms with Crippen LogP contribution in [0.3, 0.4) is 0 Å². The summed E-state index contributed by atoms with van der Waals surface area (Å²) in [6, 6.07) is 0. The predicted octanol–water partition coefficient (Wildman–Crippen LogP) is 1.84. The molecule has 0 aromatic carbocycles. The van der Waals surface area contributed by atoms with E-state index in [2.05, 4.69) is 15.9 Å². The molecule has 1 aliphatic heterocycles. The monoisotopic (exact) mass is 232 g/mol. The summed E-state index contributed by atoms with van der Waals surface area (Å²) in [5.41, 5.74) is -1.82. The Morgan fingerprint density at radius 3 is 2.40 bits per heavy atom. The Morgan fingerprint density at radius 2 is 2.20 bits per heavy atom. The Morgan fingerprint density at radius 1 is 1.60 bits per heavy atom. The molecule has 10 heavy (non-hydrogen) atoms. The van der Waals surface area contributed by atoms with E-state index in [1.54, 1.807) is 0 Å². The van der Waals surface area contributed by atoms with Gasteiger partial charge in [0, 0.05) is 5.75 Å².